The molecule has 1 rings (SSSR count). The summed E-state index contributed by atoms with van der Waals surface area (Å²) < 4.78 is 2.06. The van der Waals surface area contributed by atoms with Crippen molar-refractivity contribution in [3.05, 3.63) is 26.9 Å². The molecule has 16 heavy (non-hydrogen) atoms. The van der Waals surface area contributed by atoms with Crippen molar-refractivity contribution >= 4 is 31.9 Å². The Morgan fingerprint density at radius 3 is 2.75 bits per heavy atom. The Morgan fingerprint density at radius 2 is 2.06 bits per heavy atom. The van der Waals surface area contributed by atoms with E-state index in [0.717, 1.165) is 27.7 Å². The fraction of sp³-hybridized carbons (Fsp3) is 0.583. The van der Waals surface area contributed by atoms with Crippen LogP contribution in [0.3, 0.4) is 0 Å². The summed E-state index contributed by atoms with van der Waals surface area (Å²) in [7, 11) is 0. The largest absolute Gasteiger partial charge is 0.311 e. The van der Waals surface area contributed by atoms with Crippen molar-refractivity contribution in [1.82, 2.24) is 10.3 Å². The third kappa shape index (κ3) is 5.41. The molecule has 0 unspecified atom stereocenters. The minimum absolute atomic E-state index is 0.833. The van der Waals surface area contributed by atoms with E-state index in [2.05, 4.69) is 49.1 Å². The molecule has 1 heterocycles. The number of rotatable bonds is 7. The van der Waals surface area contributed by atoms with Gasteiger partial charge in [0.25, 0.3) is 0 Å². The van der Waals surface area contributed by atoms with Crippen molar-refractivity contribution in [2.24, 2.45) is 0 Å². The molecule has 0 radical (unpaired) electrons. The molecule has 0 bridgehead atoms. The van der Waals surface area contributed by atoms with Gasteiger partial charge >= 0.3 is 0 Å². The zero-order valence-electron chi connectivity index (χ0n) is 9.60. The molecule has 0 atom stereocenters. The van der Waals surface area contributed by atoms with Crippen LogP contribution >= 0.6 is 31.9 Å². The van der Waals surface area contributed by atoms with E-state index in [1.807, 2.05) is 12.3 Å². The van der Waals surface area contributed by atoms with Crippen LogP contribution in [0.4, 0.5) is 0 Å². The van der Waals surface area contributed by atoms with Crippen LogP contribution in [0.25, 0.3) is 0 Å². The number of halogens is 2. The maximum Gasteiger partial charge on any atom is 0.0684 e. The summed E-state index contributed by atoms with van der Waals surface area (Å²) in [6.07, 6.45) is 7.03. The van der Waals surface area contributed by atoms with Gasteiger partial charge in [-0.3, -0.25) is 4.98 Å². The summed E-state index contributed by atoms with van der Waals surface area (Å²) in [5.74, 6) is 0. The van der Waals surface area contributed by atoms with Crippen LogP contribution in [0.5, 0.6) is 0 Å². The predicted octanol–water partition coefficient (Wildman–Crippen LogP) is 4.28. The molecule has 0 aliphatic heterocycles. The summed E-state index contributed by atoms with van der Waals surface area (Å²) in [5.41, 5.74) is 1.07. The Kier molecular flexibility index (Phi) is 7.25. The van der Waals surface area contributed by atoms with Crippen LogP contribution in [0, 0.1) is 0 Å². The summed E-state index contributed by atoms with van der Waals surface area (Å²) in [4.78, 5) is 4.36. The lowest BCUT2D eigenvalue weighted by molar-refractivity contribution is 0.592. The number of hydrogen-bond donors (Lipinski definition) is 1. The monoisotopic (exact) mass is 348 g/mol. The van der Waals surface area contributed by atoms with E-state index < -0.39 is 0 Å². The third-order valence-electron chi connectivity index (χ3n) is 2.38. The lowest BCUT2D eigenvalue weighted by Gasteiger charge is -2.06. The van der Waals surface area contributed by atoms with Gasteiger partial charge in [0, 0.05) is 21.7 Å². The van der Waals surface area contributed by atoms with Gasteiger partial charge in [-0.2, -0.15) is 0 Å². The molecule has 2 nitrogen and oxygen atoms in total. The Bertz CT molecular complexity index is 316. The van der Waals surface area contributed by atoms with E-state index in [9.17, 15) is 0 Å². The Hall–Kier alpha value is 0.0700. The first-order valence-corrected chi connectivity index (χ1v) is 7.33. The molecule has 0 aromatic carbocycles. The molecule has 1 aromatic rings. The van der Waals surface area contributed by atoms with Crippen LogP contribution in [0.15, 0.2) is 21.2 Å². The standard InChI is InChI=1S/C12H18Br2N2/c1-2-3-4-5-6-15-9-12-11(14)7-10(13)8-16-12/h7-8,15H,2-6,9H2,1H3. The van der Waals surface area contributed by atoms with Crippen LogP contribution in [0.1, 0.15) is 38.3 Å². The molecule has 90 valence electrons. The van der Waals surface area contributed by atoms with Gasteiger partial charge in [-0.05, 0) is 50.9 Å². The second kappa shape index (κ2) is 8.20. The predicted molar refractivity (Wildman–Crippen MR) is 75.5 cm³/mol. The van der Waals surface area contributed by atoms with Crippen LogP contribution in [0.2, 0.25) is 0 Å². The smallest absolute Gasteiger partial charge is 0.0684 e. The lowest BCUT2D eigenvalue weighted by Crippen LogP contribution is -2.15. The van der Waals surface area contributed by atoms with Gasteiger partial charge in [0.1, 0.15) is 0 Å². The number of aromatic nitrogens is 1. The van der Waals surface area contributed by atoms with Gasteiger partial charge in [-0.15, -0.1) is 0 Å². The molecule has 4 heteroatoms. The second-order valence-electron chi connectivity index (χ2n) is 3.82. The highest BCUT2D eigenvalue weighted by Crippen LogP contribution is 2.19. The molecule has 0 aliphatic rings. The van der Waals surface area contributed by atoms with E-state index in [1.54, 1.807) is 0 Å². The van der Waals surface area contributed by atoms with E-state index in [4.69, 9.17) is 0 Å². The van der Waals surface area contributed by atoms with Crippen molar-refractivity contribution in [2.75, 3.05) is 6.54 Å². The number of nitrogens with zero attached hydrogens (tertiary/aromatic N) is 1. The third-order valence-corrected chi connectivity index (χ3v) is 3.50. The maximum atomic E-state index is 4.36. The van der Waals surface area contributed by atoms with E-state index >= 15 is 0 Å². The second-order valence-corrected chi connectivity index (χ2v) is 5.59. The summed E-state index contributed by atoms with van der Waals surface area (Å²) >= 11 is 6.90. The van der Waals surface area contributed by atoms with Crippen molar-refractivity contribution in [3.63, 3.8) is 0 Å². The highest BCUT2D eigenvalue weighted by Gasteiger charge is 2.01. The first kappa shape index (κ1) is 14.1. The summed E-state index contributed by atoms with van der Waals surface area (Å²) in [6.45, 7) is 4.14. The molecule has 1 N–H and O–H groups in total. The van der Waals surface area contributed by atoms with E-state index in [0.29, 0.717) is 0 Å². The van der Waals surface area contributed by atoms with E-state index in [-0.39, 0.29) is 0 Å². The summed E-state index contributed by atoms with van der Waals surface area (Å²) in [6, 6.07) is 2.03. The fourth-order valence-electron chi connectivity index (χ4n) is 1.46. The average molecular weight is 350 g/mol. The Morgan fingerprint density at radius 1 is 1.25 bits per heavy atom. The first-order chi connectivity index (χ1) is 7.74. The molecule has 0 saturated heterocycles. The molecule has 0 aliphatic carbocycles. The quantitative estimate of drug-likeness (QED) is 0.743. The van der Waals surface area contributed by atoms with Crippen molar-refractivity contribution < 1.29 is 0 Å². The van der Waals surface area contributed by atoms with Gasteiger partial charge in [-0.1, -0.05) is 26.2 Å². The van der Waals surface area contributed by atoms with Gasteiger partial charge in [0.05, 0.1) is 5.69 Å². The number of hydrogen-bond acceptors (Lipinski definition) is 2. The van der Waals surface area contributed by atoms with E-state index in [1.165, 1.54) is 25.7 Å². The molecule has 0 fully saturated rings. The van der Waals surface area contributed by atoms with Crippen molar-refractivity contribution in [3.8, 4) is 0 Å². The van der Waals surface area contributed by atoms with Gasteiger partial charge in [0.2, 0.25) is 0 Å². The number of pyridine rings is 1. The number of unbranched alkanes of at least 4 members (excludes halogenated alkanes) is 3. The first-order valence-electron chi connectivity index (χ1n) is 5.74. The zero-order chi connectivity index (χ0) is 11.8. The van der Waals surface area contributed by atoms with Crippen LogP contribution in [-0.4, -0.2) is 11.5 Å². The molecular formula is C12H18Br2N2. The molecule has 0 saturated carbocycles. The SMILES string of the molecule is CCCCCCNCc1ncc(Br)cc1Br. The highest BCUT2D eigenvalue weighted by molar-refractivity contribution is 9.11. The van der Waals surface area contributed by atoms with Gasteiger partial charge in [-0.25, -0.2) is 0 Å². The van der Waals surface area contributed by atoms with Gasteiger partial charge in [0.15, 0.2) is 0 Å². The molecule has 0 spiro atoms. The van der Waals surface area contributed by atoms with Crippen LogP contribution < -0.4 is 5.32 Å². The van der Waals surface area contributed by atoms with Crippen LogP contribution in [-0.2, 0) is 6.54 Å². The minimum Gasteiger partial charge on any atom is -0.311 e. The fourth-order valence-corrected chi connectivity index (χ4v) is 2.58. The van der Waals surface area contributed by atoms with Crippen molar-refractivity contribution in [1.29, 1.82) is 0 Å². The number of nitrogens with one attached hydrogen (secondary N) is 1. The molecular weight excluding hydrogens is 332 g/mol. The zero-order valence-corrected chi connectivity index (χ0v) is 12.8. The Labute approximate surface area is 114 Å². The summed E-state index contributed by atoms with van der Waals surface area (Å²) in [5, 5.41) is 3.41. The van der Waals surface area contributed by atoms with Crippen molar-refractivity contribution in [2.45, 2.75) is 39.2 Å². The highest BCUT2D eigenvalue weighted by atomic mass is 79.9. The average Bonchev–Trinajstić information content (AvgIpc) is 2.26. The topological polar surface area (TPSA) is 24.9 Å². The Balaban J connectivity index is 2.21. The normalized spacial score (nSPS) is 10.7. The molecule has 0 amide bonds. The minimum atomic E-state index is 0.833. The maximum absolute atomic E-state index is 4.36. The molecule has 1 aromatic heterocycles. The lowest BCUT2D eigenvalue weighted by atomic mass is 10.2. The van der Waals surface area contributed by atoms with Gasteiger partial charge < -0.3 is 5.32 Å².